The summed E-state index contributed by atoms with van der Waals surface area (Å²) in [6.07, 6.45) is 3.09. The fourth-order valence-electron chi connectivity index (χ4n) is 2.47. The Labute approximate surface area is 146 Å². The summed E-state index contributed by atoms with van der Waals surface area (Å²) in [7, 11) is 0. The minimum absolute atomic E-state index is 0.114. The predicted molar refractivity (Wildman–Crippen MR) is 94.3 cm³/mol. The van der Waals surface area contributed by atoms with E-state index in [0.717, 1.165) is 16.8 Å². The van der Waals surface area contributed by atoms with E-state index in [1.807, 2.05) is 43.3 Å². The van der Waals surface area contributed by atoms with Gasteiger partial charge in [0.2, 0.25) is 0 Å². The van der Waals surface area contributed by atoms with Crippen LogP contribution < -0.4 is 5.32 Å². The lowest BCUT2D eigenvalue weighted by atomic mass is 10.1. The summed E-state index contributed by atoms with van der Waals surface area (Å²) in [6.45, 7) is 3.65. The van der Waals surface area contributed by atoms with Gasteiger partial charge in [-0.2, -0.15) is 5.10 Å². The van der Waals surface area contributed by atoms with Gasteiger partial charge in [-0.05, 0) is 42.3 Å². The van der Waals surface area contributed by atoms with Crippen molar-refractivity contribution in [3.63, 3.8) is 0 Å². The Kier molecular flexibility index (Phi) is 5.53. The third-order valence-electron chi connectivity index (χ3n) is 3.83. The smallest absolute Gasteiger partial charge is 0.251 e. The molecule has 0 aliphatic carbocycles. The number of benzene rings is 2. The first kappa shape index (κ1) is 16.9. The predicted octanol–water partition coefficient (Wildman–Crippen LogP) is 2.73. The normalized spacial score (nSPS) is 10.6. The van der Waals surface area contributed by atoms with Gasteiger partial charge in [-0.3, -0.25) is 4.79 Å². The van der Waals surface area contributed by atoms with Crippen molar-refractivity contribution in [2.24, 2.45) is 0 Å². The van der Waals surface area contributed by atoms with Gasteiger partial charge in [0.05, 0.1) is 12.3 Å². The van der Waals surface area contributed by atoms with Crippen molar-refractivity contribution in [3.8, 4) is 5.69 Å². The number of nitrogens with zero attached hydrogens (tertiary/aromatic N) is 3. The van der Waals surface area contributed by atoms with Gasteiger partial charge in [0.1, 0.15) is 12.7 Å². The van der Waals surface area contributed by atoms with Crippen LogP contribution in [0.15, 0.2) is 61.2 Å². The lowest BCUT2D eigenvalue weighted by Crippen LogP contribution is -2.23. The van der Waals surface area contributed by atoms with Gasteiger partial charge in [-0.25, -0.2) is 9.67 Å². The van der Waals surface area contributed by atoms with Crippen LogP contribution in [-0.4, -0.2) is 27.3 Å². The van der Waals surface area contributed by atoms with Gasteiger partial charge in [-0.15, -0.1) is 0 Å². The first-order valence-electron chi connectivity index (χ1n) is 8.15. The molecule has 0 fully saturated rings. The SMILES string of the molecule is CCOCc1ccccc1CNC(=O)c1ccc(-n2cncn2)cc1. The van der Waals surface area contributed by atoms with Gasteiger partial charge in [0.15, 0.2) is 0 Å². The van der Waals surface area contributed by atoms with E-state index in [9.17, 15) is 4.79 Å². The highest BCUT2D eigenvalue weighted by Crippen LogP contribution is 2.11. The molecule has 0 spiro atoms. The fourth-order valence-corrected chi connectivity index (χ4v) is 2.47. The summed E-state index contributed by atoms with van der Waals surface area (Å²) >= 11 is 0. The average molecular weight is 336 g/mol. The quantitative estimate of drug-likeness (QED) is 0.720. The van der Waals surface area contributed by atoms with E-state index in [-0.39, 0.29) is 5.91 Å². The van der Waals surface area contributed by atoms with Gasteiger partial charge < -0.3 is 10.1 Å². The van der Waals surface area contributed by atoms with Crippen LogP contribution in [0.3, 0.4) is 0 Å². The lowest BCUT2D eigenvalue weighted by Gasteiger charge is -2.11. The molecule has 128 valence electrons. The summed E-state index contributed by atoms with van der Waals surface area (Å²) in [5.74, 6) is -0.114. The molecule has 0 aliphatic heterocycles. The molecule has 3 rings (SSSR count). The molecule has 0 aliphatic rings. The van der Waals surface area contributed by atoms with E-state index in [2.05, 4.69) is 15.4 Å². The van der Waals surface area contributed by atoms with Crippen molar-refractivity contribution < 1.29 is 9.53 Å². The van der Waals surface area contributed by atoms with E-state index < -0.39 is 0 Å². The van der Waals surface area contributed by atoms with E-state index in [4.69, 9.17) is 4.74 Å². The zero-order chi connectivity index (χ0) is 17.5. The van der Waals surface area contributed by atoms with Crippen LogP contribution in [0.1, 0.15) is 28.4 Å². The fraction of sp³-hybridized carbons (Fsp3) is 0.211. The summed E-state index contributed by atoms with van der Waals surface area (Å²) in [5.41, 5.74) is 3.61. The number of amides is 1. The summed E-state index contributed by atoms with van der Waals surface area (Å²) in [4.78, 5) is 16.3. The molecule has 1 heterocycles. The van der Waals surface area contributed by atoms with Crippen LogP contribution in [0.5, 0.6) is 0 Å². The molecule has 0 atom stereocenters. The number of carbonyl (C=O) groups is 1. The molecule has 25 heavy (non-hydrogen) atoms. The third-order valence-corrected chi connectivity index (χ3v) is 3.83. The molecular weight excluding hydrogens is 316 g/mol. The molecule has 3 aromatic rings. The van der Waals surface area contributed by atoms with Gasteiger partial charge in [-0.1, -0.05) is 24.3 Å². The molecule has 6 nitrogen and oxygen atoms in total. The second kappa shape index (κ2) is 8.21. The van der Waals surface area contributed by atoms with E-state index in [0.29, 0.717) is 25.3 Å². The summed E-state index contributed by atoms with van der Waals surface area (Å²) in [6, 6.07) is 15.2. The number of rotatable bonds is 7. The zero-order valence-electron chi connectivity index (χ0n) is 14.1. The van der Waals surface area contributed by atoms with Gasteiger partial charge in [0.25, 0.3) is 5.91 Å². The Hall–Kier alpha value is -2.99. The van der Waals surface area contributed by atoms with Crippen molar-refractivity contribution in [1.82, 2.24) is 20.1 Å². The minimum Gasteiger partial charge on any atom is -0.377 e. The Morgan fingerprint density at radius 2 is 1.88 bits per heavy atom. The van der Waals surface area contributed by atoms with E-state index in [1.165, 1.54) is 6.33 Å². The van der Waals surface area contributed by atoms with Crippen LogP contribution in [0.4, 0.5) is 0 Å². The molecule has 0 radical (unpaired) electrons. The Morgan fingerprint density at radius 3 is 2.56 bits per heavy atom. The maximum absolute atomic E-state index is 12.4. The van der Waals surface area contributed by atoms with Crippen LogP contribution >= 0.6 is 0 Å². The van der Waals surface area contributed by atoms with Crippen molar-refractivity contribution in [1.29, 1.82) is 0 Å². The summed E-state index contributed by atoms with van der Waals surface area (Å²) < 4.78 is 7.12. The largest absolute Gasteiger partial charge is 0.377 e. The maximum Gasteiger partial charge on any atom is 0.251 e. The second-order valence-corrected chi connectivity index (χ2v) is 5.48. The average Bonchev–Trinajstić information content (AvgIpc) is 3.20. The number of hydrogen-bond donors (Lipinski definition) is 1. The van der Waals surface area contributed by atoms with E-state index >= 15 is 0 Å². The van der Waals surface area contributed by atoms with Crippen molar-refractivity contribution >= 4 is 5.91 Å². The molecule has 0 unspecified atom stereocenters. The van der Waals surface area contributed by atoms with E-state index in [1.54, 1.807) is 23.1 Å². The van der Waals surface area contributed by atoms with Crippen molar-refractivity contribution in [2.75, 3.05) is 6.61 Å². The first-order valence-corrected chi connectivity index (χ1v) is 8.15. The molecule has 6 heteroatoms. The Balaban J connectivity index is 1.63. The topological polar surface area (TPSA) is 69.0 Å². The molecule has 1 aromatic heterocycles. The highest BCUT2D eigenvalue weighted by Gasteiger charge is 2.08. The van der Waals surface area contributed by atoms with Crippen molar-refractivity contribution in [3.05, 3.63) is 77.9 Å². The second-order valence-electron chi connectivity index (χ2n) is 5.48. The highest BCUT2D eigenvalue weighted by atomic mass is 16.5. The molecule has 0 saturated carbocycles. The molecule has 0 bridgehead atoms. The number of ether oxygens (including phenoxy) is 1. The van der Waals surface area contributed by atoms with Gasteiger partial charge in [0, 0.05) is 18.7 Å². The Bertz CT molecular complexity index is 814. The van der Waals surface area contributed by atoms with Crippen LogP contribution in [0.25, 0.3) is 5.69 Å². The lowest BCUT2D eigenvalue weighted by molar-refractivity contribution is 0.0950. The molecule has 1 amide bonds. The van der Waals surface area contributed by atoms with Crippen LogP contribution in [0.2, 0.25) is 0 Å². The van der Waals surface area contributed by atoms with Crippen molar-refractivity contribution in [2.45, 2.75) is 20.1 Å². The minimum atomic E-state index is -0.114. The summed E-state index contributed by atoms with van der Waals surface area (Å²) in [5, 5.41) is 7.02. The molecule has 0 saturated heterocycles. The van der Waals surface area contributed by atoms with Crippen LogP contribution in [-0.2, 0) is 17.9 Å². The molecular formula is C19H20N4O2. The number of aromatic nitrogens is 3. The third kappa shape index (κ3) is 4.30. The zero-order valence-corrected chi connectivity index (χ0v) is 14.1. The monoisotopic (exact) mass is 336 g/mol. The number of hydrogen-bond acceptors (Lipinski definition) is 4. The van der Waals surface area contributed by atoms with Crippen LogP contribution in [0, 0.1) is 0 Å². The Morgan fingerprint density at radius 1 is 1.12 bits per heavy atom. The molecule has 2 aromatic carbocycles. The number of carbonyl (C=O) groups excluding carboxylic acids is 1. The van der Waals surface area contributed by atoms with Gasteiger partial charge >= 0.3 is 0 Å². The number of nitrogens with one attached hydrogen (secondary N) is 1. The highest BCUT2D eigenvalue weighted by molar-refractivity contribution is 5.94. The first-order chi connectivity index (χ1) is 12.3. The molecule has 1 N–H and O–H groups in total. The standard InChI is InChI=1S/C19H20N4O2/c1-2-25-12-17-6-4-3-5-16(17)11-21-19(24)15-7-9-18(10-8-15)23-14-20-13-22-23/h3-10,13-14H,2,11-12H2,1H3,(H,21,24). The maximum atomic E-state index is 12.4.